The lowest BCUT2D eigenvalue weighted by Gasteiger charge is -2.33. The van der Waals surface area contributed by atoms with Crippen molar-refractivity contribution in [3.8, 4) is 0 Å². The highest BCUT2D eigenvalue weighted by molar-refractivity contribution is 5.91. The van der Waals surface area contributed by atoms with E-state index < -0.39 is 5.97 Å². The molecule has 0 spiro atoms. The van der Waals surface area contributed by atoms with Gasteiger partial charge in [0.25, 0.3) is 5.91 Å². The van der Waals surface area contributed by atoms with E-state index in [1.807, 2.05) is 0 Å². The molecule has 0 radical (unpaired) electrons. The number of nitrogens with zero attached hydrogens (tertiary/aromatic N) is 1. The van der Waals surface area contributed by atoms with Crippen molar-refractivity contribution in [2.45, 2.75) is 38.1 Å². The summed E-state index contributed by atoms with van der Waals surface area (Å²) in [4.78, 5) is 24.5. The van der Waals surface area contributed by atoms with Crippen molar-refractivity contribution in [3.05, 3.63) is 24.2 Å². The molecule has 1 heterocycles. The molecule has 1 amide bonds. The van der Waals surface area contributed by atoms with Crippen LogP contribution in [0, 0.1) is 5.92 Å². The summed E-state index contributed by atoms with van der Waals surface area (Å²) in [7, 11) is 1.78. The van der Waals surface area contributed by atoms with Crippen molar-refractivity contribution < 1.29 is 19.1 Å². The van der Waals surface area contributed by atoms with Crippen LogP contribution in [0.4, 0.5) is 0 Å². The zero-order valence-electron chi connectivity index (χ0n) is 11.0. The van der Waals surface area contributed by atoms with Gasteiger partial charge in [-0.1, -0.05) is 0 Å². The number of furan rings is 1. The lowest BCUT2D eigenvalue weighted by molar-refractivity contribution is -0.138. The van der Waals surface area contributed by atoms with E-state index in [4.69, 9.17) is 9.52 Å². The molecule has 1 aliphatic rings. The molecule has 0 atom stereocenters. The van der Waals surface area contributed by atoms with Crippen molar-refractivity contribution in [2.24, 2.45) is 5.92 Å². The average molecular weight is 265 g/mol. The first-order valence-corrected chi connectivity index (χ1v) is 6.60. The van der Waals surface area contributed by atoms with Gasteiger partial charge in [-0.3, -0.25) is 9.59 Å². The second-order valence-corrected chi connectivity index (χ2v) is 5.17. The Morgan fingerprint density at radius 1 is 1.37 bits per heavy atom. The summed E-state index contributed by atoms with van der Waals surface area (Å²) >= 11 is 0. The molecule has 1 saturated carbocycles. The topological polar surface area (TPSA) is 70.8 Å². The molecule has 0 aliphatic heterocycles. The Morgan fingerprint density at radius 3 is 2.58 bits per heavy atom. The summed E-state index contributed by atoms with van der Waals surface area (Å²) in [5.41, 5.74) is 0. The Hall–Kier alpha value is -1.78. The molecule has 5 heteroatoms. The minimum Gasteiger partial charge on any atom is -0.481 e. The predicted molar refractivity (Wildman–Crippen MR) is 68.8 cm³/mol. The molecular formula is C14H19NO4. The summed E-state index contributed by atoms with van der Waals surface area (Å²) in [6.07, 6.45) is 5.19. The molecule has 1 aromatic heterocycles. The molecule has 0 bridgehead atoms. The zero-order valence-corrected chi connectivity index (χ0v) is 11.0. The quantitative estimate of drug-likeness (QED) is 0.907. The van der Waals surface area contributed by atoms with Crippen LogP contribution in [-0.4, -0.2) is 35.0 Å². The summed E-state index contributed by atoms with van der Waals surface area (Å²) in [6, 6.07) is 3.54. The Balaban J connectivity index is 1.87. The zero-order chi connectivity index (χ0) is 13.8. The third-order valence-corrected chi connectivity index (χ3v) is 3.88. The van der Waals surface area contributed by atoms with E-state index in [0.29, 0.717) is 5.76 Å². The fourth-order valence-electron chi connectivity index (χ4n) is 2.72. The van der Waals surface area contributed by atoms with Crippen molar-refractivity contribution >= 4 is 11.9 Å². The van der Waals surface area contributed by atoms with Crippen LogP contribution in [-0.2, 0) is 4.79 Å². The highest BCUT2D eigenvalue weighted by Gasteiger charge is 2.28. The van der Waals surface area contributed by atoms with E-state index in [0.717, 1.165) is 25.7 Å². The van der Waals surface area contributed by atoms with Crippen molar-refractivity contribution in [1.82, 2.24) is 4.90 Å². The number of carbonyl (C=O) groups excluding carboxylic acids is 1. The Morgan fingerprint density at radius 2 is 2.05 bits per heavy atom. The summed E-state index contributed by atoms with van der Waals surface area (Å²) in [5.74, 6) is -0.230. The first kappa shape index (κ1) is 13.6. The summed E-state index contributed by atoms with van der Waals surface area (Å²) in [5, 5.41) is 8.78. The van der Waals surface area contributed by atoms with Gasteiger partial charge in [-0.25, -0.2) is 0 Å². The number of aliphatic carboxylic acids is 1. The van der Waals surface area contributed by atoms with Crippen LogP contribution in [0.2, 0.25) is 0 Å². The second-order valence-electron chi connectivity index (χ2n) is 5.17. The molecule has 0 saturated heterocycles. The van der Waals surface area contributed by atoms with E-state index >= 15 is 0 Å². The fourth-order valence-corrected chi connectivity index (χ4v) is 2.72. The van der Waals surface area contributed by atoms with Crippen LogP contribution in [0.25, 0.3) is 0 Å². The van der Waals surface area contributed by atoms with Crippen molar-refractivity contribution in [2.75, 3.05) is 7.05 Å². The van der Waals surface area contributed by atoms with Gasteiger partial charge in [0.2, 0.25) is 0 Å². The Kier molecular flexibility index (Phi) is 4.24. The van der Waals surface area contributed by atoms with Crippen LogP contribution in [0.15, 0.2) is 22.8 Å². The number of rotatable bonds is 4. The first-order valence-electron chi connectivity index (χ1n) is 6.60. The number of hydrogen-bond acceptors (Lipinski definition) is 3. The van der Waals surface area contributed by atoms with Gasteiger partial charge in [-0.05, 0) is 43.7 Å². The van der Waals surface area contributed by atoms with Gasteiger partial charge in [-0.15, -0.1) is 0 Å². The fraction of sp³-hybridized carbons (Fsp3) is 0.571. The maximum absolute atomic E-state index is 12.1. The van der Waals surface area contributed by atoms with Crippen LogP contribution in [0.1, 0.15) is 42.7 Å². The Bertz CT molecular complexity index is 432. The lowest BCUT2D eigenvalue weighted by atomic mass is 9.83. The highest BCUT2D eigenvalue weighted by Crippen LogP contribution is 2.29. The normalized spacial score (nSPS) is 23.0. The molecule has 19 heavy (non-hydrogen) atoms. The van der Waals surface area contributed by atoms with E-state index in [2.05, 4.69) is 0 Å². The molecular weight excluding hydrogens is 246 g/mol. The number of carboxylic acids is 1. The monoisotopic (exact) mass is 265 g/mol. The SMILES string of the molecule is CN(C(=O)c1ccco1)C1CCC(CC(=O)O)CC1. The van der Waals surface area contributed by atoms with E-state index in [-0.39, 0.29) is 24.3 Å². The molecule has 0 unspecified atom stereocenters. The molecule has 1 N–H and O–H groups in total. The van der Waals surface area contributed by atoms with Gasteiger partial charge in [0.1, 0.15) is 0 Å². The standard InChI is InChI=1S/C14H19NO4/c1-15(14(18)12-3-2-8-19-12)11-6-4-10(5-7-11)9-13(16)17/h2-3,8,10-11H,4-7,9H2,1H3,(H,16,17). The Labute approximate surface area is 112 Å². The minimum atomic E-state index is -0.733. The average Bonchev–Trinajstić information content (AvgIpc) is 2.91. The van der Waals surface area contributed by atoms with E-state index in [1.165, 1.54) is 6.26 Å². The molecule has 1 aliphatic carbocycles. The number of amides is 1. The van der Waals surface area contributed by atoms with E-state index in [9.17, 15) is 9.59 Å². The maximum atomic E-state index is 12.1. The second kappa shape index (κ2) is 5.91. The van der Waals surface area contributed by atoms with Crippen molar-refractivity contribution in [1.29, 1.82) is 0 Å². The van der Waals surface area contributed by atoms with Crippen molar-refractivity contribution in [3.63, 3.8) is 0 Å². The van der Waals surface area contributed by atoms with E-state index in [1.54, 1.807) is 24.1 Å². The number of hydrogen-bond donors (Lipinski definition) is 1. The van der Waals surface area contributed by atoms with Gasteiger partial charge in [0, 0.05) is 19.5 Å². The minimum absolute atomic E-state index is 0.105. The lowest BCUT2D eigenvalue weighted by Crippen LogP contribution is -2.39. The molecule has 2 rings (SSSR count). The van der Waals surface area contributed by atoms with Gasteiger partial charge >= 0.3 is 5.97 Å². The van der Waals surface area contributed by atoms with Crippen LogP contribution in [0.5, 0.6) is 0 Å². The number of carboxylic acid groups (broad SMARTS) is 1. The molecule has 1 aromatic rings. The number of carbonyl (C=O) groups is 2. The van der Waals surface area contributed by atoms with Gasteiger partial charge < -0.3 is 14.4 Å². The van der Waals surface area contributed by atoms with Gasteiger partial charge in [0.05, 0.1) is 6.26 Å². The highest BCUT2D eigenvalue weighted by atomic mass is 16.4. The van der Waals surface area contributed by atoms with Gasteiger partial charge in [0.15, 0.2) is 5.76 Å². The first-order chi connectivity index (χ1) is 9.08. The van der Waals surface area contributed by atoms with Crippen LogP contribution < -0.4 is 0 Å². The summed E-state index contributed by atoms with van der Waals surface area (Å²) < 4.78 is 5.11. The molecule has 104 valence electrons. The smallest absolute Gasteiger partial charge is 0.303 e. The van der Waals surface area contributed by atoms with Gasteiger partial charge in [-0.2, -0.15) is 0 Å². The summed E-state index contributed by atoms with van der Waals surface area (Å²) in [6.45, 7) is 0. The molecule has 5 nitrogen and oxygen atoms in total. The third-order valence-electron chi connectivity index (χ3n) is 3.88. The molecule has 1 fully saturated rings. The maximum Gasteiger partial charge on any atom is 0.303 e. The predicted octanol–water partition coefficient (Wildman–Crippen LogP) is 2.39. The van der Waals surface area contributed by atoms with Crippen LogP contribution >= 0.6 is 0 Å². The largest absolute Gasteiger partial charge is 0.481 e. The third kappa shape index (κ3) is 3.36. The van der Waals surface area contributed by atoms with Crippen LogP contribution in [0.3, 0.4) is 0 Å². The molecule has 0 aromatic carbocycles.